The Morgan fingerprint density at radius 1 is 1.24 bits per heavy atom. The van der Waals surface area contributed by atoms with Crippen molar-refractivity contribution in [3.8, 4) is 29.1 Å². The van der Waals surface area contributed by atoms with Crippen LogP contribution < -0.4 is 10.5 Å². The summed E-state index contributed by atoms with van der Waals surface area (Å²) in [5.74, 6) is 1.60. The van der Waals surface area contributed by atoms with Gasteiger partial charge in [-0.3, -0.25) is 0 Å². The molecule has 3 aromatic rings. The molecule has 0 bridgehead atoms. The number of nitrogens with zero attached hydrogens (tertiary/aromatic N) is 5. The van der Waals surface area contributed by atoms with Crippen LogP contribution in [0, 0.1) is 11.3 Å². The number of rotatable bonds is 5. The van der Waals surface area contributed by atoms with Crippen molar-refractivity contribution >= 4 is 0 Å². The molecule has 0 spiro atoms. The molecule has 0 fully saturated rings. The molecule has 0 atom stereocenters. The zero-order valence-electron chi connectivity index (χ0n) is 14.1. The van der Waals surface area contributed by atoms with E-state index in [0.29, 0.717) is 35.1 Å². The van der Waals surface area contributed by atoms with Crippen molar-refractivity contribution in [2.45, 2.75) is 19.9 Å². The fourth-order valence-electron chi connectivity index (χ4n) is 2.35. The van der Waals surface area contributed by atoms with E-state index in [1.54, 1.807) is 35.3 Å². The molecule has 2 aromatic heterocycles. The molecule has 3 rings (SSSR count). The van der Waals surface area contributed by atoms with Gasteiger partial charge in [0, 0.05) is 37.6 Å². The van der Waals surface area contributed by atoms with E-state index in [1.807, 2.05) is 20.0 Å². The summed E-state index contributed by atoms with van der Waals surface area (Å²) in [6, 6.07) is 9.16. The van der Waals surface area contributed by atoms with Crippen molar-refractivity contribution in [1.29, 1.82) is 5.26 Å². The van der Waals surface area contributed by atoms with Gasteiger partial charge in [-0.2, -0.15) is 10.4 Å². The zero-order valence-corrected chi connectivity index (χ0v) is 14.1. The summed E-state index contributed by atoms with van der Waals surface area (Å²) in [5.41, 5.74) is 8.56. The monoisotopic (exact) mass is 334 g/mol. The van der Waals surface area contributed by atoms with Crippen molar-refractivity contribution in [2.24, 2.45) is 12.8 Å². The Bertz CT molecular complexity index is 924. The molecular formula is C18H18N6O. The second kappa shape index (κ2) is 7.11. The predicted octanol–water partition coefficient (Wildman–Crippen LogP) is 2.56. The predicted molar refractivity (Wildman–Crippen MR) is 92.7 cm³/mol. The molecule has 0 radical (unpaired) electrons. The minimum Gasteiger partial charge on any atom is -0.438 e. The summed E-state index contributed by atoms with van der Waals surface area (Å²) in [6.45, 7) is 2.41. The standard InChI is InChI=1S/C18H18N6O/c1-3-14-7-17(24(2)23-14)25-16-6-12(8-19)4-5-15(16)18-21-10-13(9-20)11-22-18/h4-7,10-11H,3,9,20H2,1-2H3. The molecule has 0 amide bonds. The molecule has 7 nitrogen and oxygen atoms in total. The van der Waals surface area contributed by atoms with Gasteiger partial charge in [-0.1, -0.05) is 6.92 Å². The lowest BCUT2D eigenvalue weighted by molar-refractivity contribution is 0.431. The van der Waals surface area contributed by atoms with Crippen LogP contribution in [0.25, 0.3) is 11.4 Å². The number of aromatic nitrogens is 4. The quantitative estimate of drug-likeness (QED) is 0.769. The maximum atomic E-state index is 9.19. The molecule has 0 aliphatic heterocycles. The molecule has 25 heavy (non-hydrogen) atoms. The first kappa shape index (κ1) is 16.6. The fraction of sp³-hybridized carbons (Fsp3) is 0.222. The van der Waals surface area contributed by atoms with Crippen molar-refractivity contribution in [1.82, 2.24) is 19.7 Å². The first-order chi connectivity index (χ1) is 12.1. The molecule has 0 saturated heterocycles. The molecule has 1 aromatic carbocycles. The lowest BCUT2D eigenvalue weighted by Gasteiger charge is -2.11. The average Bonchev–Trinajstić information content (AvgIpc) is 3.01. The van der Waals surface area contributed by atoms with Crippen LogP contribution in [-0.4, -0.2) is 19.7 Å². The molecule has 2 N–H and O–H groups in total. The minimum atomic E-state index is 0.381. The van der Waals surface area contributed by atoms with Crippen LogP contribution in [-0.2, 0) is 20.0 Å². The third kappa shape index (κ3) is 3.49. The molecule has 2 heterocycles. The maximum absolute atomic E-state index is 9.19. The minimum absolute atomic E-state index is 0.381. The summed E-state index contributed by atoms with van der Waals surface area (Å²) in [5, 5.41) is 13.6. The molecule has 0 unspecified atom stereocenters. The molecule has 0 saturated carbocycles. The number of benzene rings is 1. The van der Waals surface area contributed by atoms with Crippen LogP contribution in [0.2, 0.25) is 0 Å². The van der Waals surface area contributed by atoms with E-state index in [2.05, 4.69) is 21.1 Å². The number of hydrogen-bond donors (Lipinski definition) is 1. The van der Waals surface area contributed by atoms with Crippen molar-refractivity contribution < 1.29 is 4.74 Å². The Morgan fingerprint density at radius 3 is 2.60 bits per heavy atom. The maximum Gasteiger partial charge on any atom is 0.217 e. The highest BCUT2D eigenvalue weighted by molar-refractivity contribution is 5.66. The molecule has 0 aliphatic carbocycles. The molecular weight excluding hydrogens is 316 g/mol. The highest BCUT2D eigenvalue weighted by Gasteiger charge is 2.14. The van der Waals surface area contributed by atoms with Gasteiger partial charge in [-0.05, 0) is 24.6 Å². The zero-order chi connectivity index (χ0) is 17.8. The number of aryl methyl sites for hydroxylation is 2. The van der Waals surface area contributed by atoms with Crippen molar-refractivity contribution in [3.63, 3.8) is 0 Å². The Kier molecular flexibility index (Phi) is 4.73. The fourth-order valence-corrected chi connectivity index (χ4v) is 2.35. The first-order valence-corrected chi connectivity index (χ1v) is 7.91. The van der Waals surface area contributed by atoms with Crippen molar-refractivity contribution in [3.05, 3.63) is 53.5 Å². The third-order valence-electron chi connectivity index (χ3n) is 3.76. The van der Waals surface area contributed by atoms with E-state index < -0.39 is 0 Å². The summed E-state index contributed by atoms with van der Waals surface area (Å²) < 4.78 is 7.69. The number of nitrogens with two attached hydrogens (primary N) is 1. The topological polar surface area (TPSA) is 103 Å². The van der Waals surface area contributed by atoms with Gasteiger partial charge in [-0.15, -0.1) is 0 Å². The normalized spacial score (nSPS) is 10.5. The molecule has 0 aliphatic rings. The number of nitriles is 1. The summed E-state index contributed by atoms with van der Waals surface area (Å²) in [6.07, 6.45) is 4.18. The van der Waals surface area contributed by atoms with Crippen LogP contribution in [0.4, 0.5) is 0 Å². The molecule has 126 valence electrons. The second-order valence-electron chi connectivity index (χ2n) is 5.49. The van der Waals surface area contributed by atoms with Gasteiger partial charge >= 0.3 is 0 Å². The van der Waals surface area contributed by atoms with Crippen LogP contribution in [0.3, 0.4) is 0 Å². The van der Waals surface area contributed by atoms with Gasteiger partial charge in [0.05, 0.1) is 22.9 Å². The Balaban J connectivity index is 2.03. The Labute approximate surface area is 145 Å². The van der Waals surface area contributed by atoms with E-state index in [-0.39, 0.29) is 0 Å². The summed E-state index contributed by atoms with van der Waals surface area (Å²) in [7, 11) is 1.81. The van der Waals surface area contributed by atoms with Gasteiger partial charge in [0.1, 0.15) is 5.75 Å². The van der Waals surface area contributed by atoms with Crippen LogP contribution in [0.15, 0.2) is 36.7 Å². The largest absolute Gasteiger partial charge is 0.438 e. The number of hydrogen-bond acceptors (Lipinski definition) is 6. The first-order valence-electron chi connectivity index (χ1n) is 7.91. The van der Waals surface area contributed by atoms with E-state index >= 15 is 0 Å². The number of ether oxygens (including phenoxy) is 1. The summed E-state index contributed by atoms with van der Waals surface area (Å²) >= 11 is 0. The lowest BCUT2D eigenvalue weighted by Crippen LogP contribution is -2.01. The highest BCUT2D eigenvalue weighted by Crippen LogP contribution is 2.32. The van der Waals surface area contributed by atoms with Crippen LogP contribution in [0.5, 0.6) is 11.6 Å². The lowest BCUT2D eigenvalue weighted by atomic mass is 10.1. The van der Waals surface area contributed by atoms with E-state index in [1.165, 1.54) is 0 Å². The SMILES string of the molecule is CCc1cc(Oc2cc(C#N)ccc2-c2ncc(CN)cn2)n(C)n1. The van der Waals surface area contributed by atoms with E-state index in [0.717, 1.165) is 17.7 Å². The average molecular weight is 334 g/mol. The Morgan fingerprint density at radius 2 is 2.00 bits per heavy atom. The molecule has 7 heteroatoms. The van der Waals surface area contributed by atoms with E-state index in [4.69, 9.17) is 10.5 Å². The van der Waals surface area contributed by atoms with Crippen LogP contribution >= 0.6 is 0 Å². The van der Waals surface area contributed by atoms with Crippen LogP contribution in [0.1, 0.15) is 23.7 Å². The van der Waals surface area contributed by atoms with Gasteiger partial charge in [-0.25, -0.2) is 14.6 Å². The van der Waals surface area contributed by atoms with E-state index in [9.17, 15) is 5.26 Å². The van der Waals surface area contributed by atoms with Gasteiger partial charge < -0.3 is 10.5 Å². The highest BCUT2D eigenvalue weighted by atomic mass is 16.5. The smallest absolute Gasteiger partial charge is 0.217 e. The van der Waals surface area contributed by atoms with Gasteiger partial charge in [0.2, 0.25) is 5.88 Å². The second-order valence-corrected chi connectivity index (χ2v) is 5.49. The van der Waals surface area contributed by atoms with Gasteiger partial charge in [0.15, 0.2) is 5.82 Å². The summed E-state index contributed by atoms with van der Waals surface area (Å²) in [4.78, 5) is 8.69. The third-order valence-corrected chi connectivity index (χ3v) is 3.76. The van der Waals surface area contributed by atoms with Gasteiger partial charge in [0.25, 0.3) is 0 Å². The Hall–Kier alpha value is -3.24. The van der Waals surface area contributed by atoms with Crippen molar-refractivity contribution in [2.75, 3.05) is 0 Å².